The molecule has 0 spiro atoms. The minimum absolute atomic E-state index is 2.61. The zero-order chi connectivity index (χ0) is 19.8. The molecule has 0 amide bonds. The fourth-order valence-corrected chi connectivity index (χ4v) is 2.33. The van der Waals surface area contributed by atoms with Crippen molar-refractivity contribution in [3.8, 4) is 0 Å². The first kappa shape index (κ1) is 23.3. The van der Waals surface area contributed by atoms with Crippen LogP contribution in [0.25, 0.3) is 0 Å². The van der Waals surface area contributed by atoms with Gasteiger partial charge >= 0.3 is 32.3 Å². The largest absolute Gasteiger partial charge is 0.424 e. The topological polar surface area (TPSA) is 55.8 Å². The Morgan fingerprint density at radius 3 is 1.00 bits per heavy atom. The molecule has 0 saturated heterocycles. The van der Waals surface area contributed by atoms with Gasteiger partial charge in [-0.1, -0.05) is 0 Å². The lowest BCUT2D eigenvalue weighted by Crippen LogP contribution is -2.46. The highest BCUT2D eigenvalue weighted by Gasteiger charge is 2.64. The molecule has 0 fully saturated rings. The molecular weight excluding hydrogens is 407 g/mol. The van der Waals surface area contributed by atoms with E-state index in [9.17, 15) is 57.3 Å². The Hall–Kier alpha value is -0.730. The van der Waals surface area contributed by atoms with Gasteiger partial charge in [-0.2, -0.15) is 52.7 Å². The molecule has 17 heteroatoms. The Bertz CT molecular complexity index is 396. The van der Waals surface area contributed by atoms with Crippen LogP contribution in [-0.4, -0.2) is 48.4 Å². The van der Waals surface area contributed by atoms with Crippen molar-refractivity contribution in [2.75, 3.05) is 6.35 Å². The van der Waals surface area contributed by atoms with Crippen molar-refractivity contribution >= 4 is 7.60 Å². The van der Waals surface area contributed by atoms with Crippen LogP contribution in [0.15, 0.2) is 0 Å². The van der Waals surface area contributed by atoms with Crippen LogP contribution < -0.4 is 0 Å². The lowest BCUT2D eigenvalue weighted by atomic mass is 10.3. The van der Waals surface area contributed by atoms with Crippen molar-refractivity contribution in [2.24, 2.45) is 0 Å². The average molecular weight is 412 g/mol. The van der Waals surface area contributed by atoms with Crippen LogP contribution in [0.3, 0.4) is 0 Å². The summed E-state index contributed by atoms with van der Waals surface area (Å²) in [6.45, 7) is 0. The van der Waals surface area contributed by atoms with E-state index in [1.54, 1.807) is 0 Å². The Balaban J connectivity index is 5.74. The first-order valence-electron chi connectivity index (χ1n) is 5.07. The highest BCUT2D eigenvalue weighted by molar-refractivity contribution is 7.53. The monoisotopic (exact) mass is 412 g/mol. The summed E-state index contributed by atoms with van der Waals surface area (Å²) in [5, 5.41) is 8.36. The first-order chi connectivity index (χ1) is 10.2. The smallest absolute Gasteiger partial charge is 0.384 e. The van der Waals surface area contributed by atoms with E-state index in [2.05, 4.69) is 9.05 Å². The molecule has 1 N–H and O–H groups in total. The van der Waals surface area contributed by atoms with Crippen LogP contribution in [0.4, 0.5) is 52.7 Å². The Morgan fingerprint density at radius 1 is 0.667 bits per heavy atom. The van der Waals surface area contributed by atoms with Gasteiger partial charge in [-0.3, -0.25) is 13.6 Å². The van der Waals surface area contributed by atoms with Gasteiger partial charge in [-0.15, -0.1) is 0 Å². The van der Waals surface area contributed by atoms with Crippen molar-refractivity contribution in [1.82, 2.24) is 0 Å². The Kier molecular flexibility index (Phi) is 6.67. The molecule has 0 radical (unpaired) electrons. The molecule has 0 aromatic heterocycles. The van der Waals surface area contributed by atoms with Crippen LogP contribution in [0.1, 0.15) is 0 Å². The van der Waals surface area contributed by atoms with Crippen LogP contribution in [-0.2, 0) is 13.6 Å². The fraction of sp³-hybridized carbons (Fsp3) is 1.00. The normalized spacial score (nSPS) is 15.5. The predicted molar refractivity (Wildman–Crippen MR) is 48.7 cm³/mol. The first-order valence-corrected chi connectivity index (χ1v) is 6.80. The van der Waals surface area contributed by atoms with E-state index >= 15 is 0 Å². The van der Waals surface area contributed by atoms with Gasteiger partial charge in [-0.25, -0.2) is 0 Å². The highest BCUT2D eigenvalue weighted by Crippen LogP contribution is 2.57. The molecule has 0 aromatic carbocycles. The Morgan fingerprint density at radius 2 is 0.875 bits per heavy atom. The van der Waals surface area contributed by atoms with Gasteiger partial charge in [0.15, 0.2) is 0 Å². The lowest BCUT2D eigenvalue weighted by molar-refractivity contribution is -0.314. The van der Waals surface area contributed by atoms with E-state index in [1.807, 2.05) is 0 Å². The van der Waals surface area contributed by atoms with Crippen molar-refractivity contribution in [2.45, 2.75) is 36.9 Å². The molecule has 0 heterocycles. The maximum atomic E-state index is 12.1. The molecule has 0 unspecified atom stereocenters. The van der Waals surface area contributed by atoms with Gasteiger partial charge in [0.05, 0.1) is 0 Å². The van der Waals surface area contributed by atoms with Crippen molar-refractivity contribution in [3.63, 3.8) is 0 Å². The van der Waals surface area contributed by atoms with Gasteiger partial charge in [0, 0.05) is 0 Å². The van der Waals surface area contributed by atoms with E-state index < -0.39 is 50.9 Å². The summed E-state index contributed by atoms with van der Waals surface area (Å²) in [6, 6.07) is 0. The third-order valence-electron chi connectivity index (χ3n) is 1.89. The number of hydrogen-bond donors (Lipinski definition) is 1. The average Bonchev–Trinajstić information content (AvgIpc) is 2.27. The molecule has 0 rings (SSSR count). The van der Waals surface area contributed by atoms with Crippen molar-refractivity contribution in [3.05, 3.63) is 0 Å². The number of halogens is 12. The Labute approximate surface area is 123 Å². The molecule has 0 atom stereocenters. The number of rotatable bonds is 5. The minimum atomic E-state index is -6.52. The number of hydrogen-bond acceptors (Lipinski definition) is 4. The second kappa shape index (κ2) is 6.88. The second-order valence-corrected chi connectivity index (χ2v) is 5.82. The van der Waals surface area contributed by atoms with Crippen LogP contribution >= 0.6 is 7.60 Å². The zero-order valence-corrected chi connectivity index (χ0v) is 11.4. The van der Waals surface area contributed by atoms with Crippen molar-refractivity contribution in [1.29, 1.82) is 0 Å². The summed E-state index contributed by atoms with van der Waals surface area (Å²) in [7, 11) is -6.52. The van der Waals surface area contributed by atoms with E-state index in [-0.39, 0.29) is 0 Å². The van der Waals surface area contributed by atoms with Crippen LogP contribution in [0, 0.1) is 0 Å². The molecule has 0 aliphatic rings. The van der Waals surface area contributed by atoms with Crippen LogP contribution in [0.5, 0.6) is 0 Å². The van der Waals surface area contributed by atoms with Gasteiger partial charge in [0.2, 0.25) is 0 Å². The summed E-state index contributed by atoms with van der Waals surface area (Å²) < 4.78 is 163. The maximum Gasteiger partial charge on any atom is 0.424 e. The van der Waals surface area contributed by atoms with E-state index in [4.69, 9.17) is 5.11 Å². The molecule has 24 heavy (non-hydrogen) atoms. The van der Waals surface area contributed by atoms with Gasteiger partial charge < -0.3 is 5.11 Å². The lowest BCUT2D eigenvalue weighted by Gasteiger charge is -2.30. The summed E-state index contributed by atoms with van der Waals surface area (Å²) in [5.41, 5.74) is 0. The predicted octanol–water partition coefficient (Wildman–Crippen LogP) is 4.15. The zero-order valence-electron chi connectivity index (χ0n) is 10.5. The molecule has 0 bridgehead atoms. The number of aliphatic hydroxyl groups excluding tert-OH is 1. The second-order valence-electron chi connectivity index (χ2n) is 3.89. The van der Waals surface area contributed by atoms with Gasteiger partial charge in [-0.05, 0) is 0 Å². The van der Waals surface area contributed by atoms with Crippen LogP contribution in [0.2, 0.25) is 0 Å². The molecular formula is C7H5F12O4P. The van der Waals surface area contributed by atoms with E-state index in [1.165, 1.54) is 0 Å². The number of alkyl halides is 12. The van der Waals surface area contributed by atoms with E-state index in [0.29, 0.717) is 0 Å². The summed E-state index contributed by atoms with van der Waals surface area (Å²) >= 11 is 0. The molecule has 0 aromatic rings. The highest BCUT2D eigenvalue weighted by atomic mass is 31.2. The molecule has 146 valence electrons. The third kappa shape index (κ3) is 6.64. The van der Waals surface area contributed by atoms with Crippen molar-refractivity contribution < 1.29 is 71.4 Å². The molecule has 4 nitrogen and oxygen atoms in total. The summed E-state index contributed by atoms with van der Waals surface area (Å²) in [6.07, 6.45) is -38.4. The number of aliphatic hydroxyl groups is 1. The standard InChI is InChI=1S/C7H5F12O4P/c8-4(9,10)2(5(11,12)13)22-24(21,1-20)23-3(6(14,15)16)7(17,18)19/h2-3,20H,1H2. The summed E-state index contributed by atoms with van der Waals surface area (Å²) in [4.78, 5) is 0. The quantitative estimate of drug-likeness (QED) is 0.545. The molecule has 0 aliphatic carbocycles. The van der Waals surface area contributed by atoms with E-state index in [0.717, 1.165) is 0 Å². The molecule has 0 saturated carbocycles. The molecule has 0 aliphatic heterocycles. The SMILES string of the molecule is O=P(CO)(OC(C(F)(F)F)C(F)(F)F)OC(C(F)(F)F)C(F)(F)F. The third-order valence-corrected chi connectivity index (χ3v) is 3.30. The fourth-order valence-electron chi connectivity index (χ4n) is 1.02. The van der Waals surface area contributed by atoms with Gasteiger partial charge in [0.1, 0.15) is 6.35 Å². The maximum absolute atomic E-state index is 12.1. The minimum Gasteiger partial charge on any atom is -0.384 e. The summed E-state index contributed by atoms with van der Waals surface area (Å²) in [5.74, 6) is 0. The van der Waals surface area contributed by atoms with Gasteiger partial charge in [0.25, 0.3) is 12.2 Å².